The van der Waals surface area contributed by atoms with E-state index in [1.54, 1.807) is 20.4 Å². The highest BCUT2D eigenvalue weighted by Gasteiger charge is 2.13. The molecule has 2 aromatic carbocycles. The van der Waals surface area contributed by atoms with Crippen LogP contribution in [0.5, 0.6) is 11.5 Å². The van der Waals surface area contributed by atoms with Crippen molar-refractivity contribution in [2.45, 2.75) is 13.3 Å². The van der Waals surface area contributed by atoms with Gasteiger partial charge in [-0.25, -0.2) is 5.43 Å². The second-order valence-corrected chi connectivity index (χ2v) is 5.85. The van der Waals surface area contributed by atoms with Gasteiger partial charge in [0.15, 0.2) is 0 Å². The molecule has 26 heavy (non-hydrogen) atoms. The van der Waals surface area contributed by atoms with E-state index in [1.165, 1.54) is 0 Å². The molecule has 6 heteroatoms. The SMILES string of the molecule is COc1ccc2[nH]c(C)c(CC(=O)NN=Cc3ccccc3OC)c2c1. The molecule has 0 bridgehead atoms. The fourth-order valence-corrected chi connectivity index (χ4v) is 2.86. The number of hydrogen-bond donors (Lipinski definition) is 2. The van der Waals surface area contributed by atoms with Crippen molar-refractivity contribution >= 4 is 23.0 Å². The molecule has 1 aromatic heterocycles. The molecule has 0 aliphatic heterocycles. The van der Waals surface area contributed by atoms with Crippen molar-refractivity contribution < 1.29 is 14.3 Å². The molecule has 3 rings (SSSR count). The Labute approximate surface area is 151 Å². The molecule has 134 valence electrons. The molecule has 2 N–H and O–H groups in total. The second kappa shape index (κ2) is 7.74. The first-order valence-electron chi connectivity index (χ1n) is 8.22. The monoisotopic (exact) mass is 351 g/mol. The van der Waals surface area contributed by atoms with Gasteiger partial charge in [0, 0.05) is 22.2 Å². The number of benzene rings is 2. The Morgan fingerprint density at radius 1 is 1.19 bits per heavy atom. The number of aryl methyl sites for hydroxylation is 1. The average molecular weight is 351 g/mol. The Kier molecular flexibility index (Phi) is 5.22. The molecular weight excluding hydrogens is 330 g/mol. The Bertz CT molecular complexity index is 960. The summed E-state index contributed by atoms with van der Waals surface area (Å²) in [6.07, 6.45) is 1.80. The van der Waals surface area contributed by atoms with E-state index in [-0.39, 0.29) is 12.3 Å². The molecule has 1 heterocycles. The summed E-state index contributed by atoms with van der Waals surface area (Å²) in [5.74, 6) is 1.26. The third-order valence-corrected chi connectivity index (χ3v) is 4.20. The highest BCUT2D eigenvalue weighted by molar-refractivity contribution is 5.91. The van der Waals surface area contributed by atoms with Gasteiger partial charge in [-0.05, 0) is 42.8 Å². The molecule has 0 atom stereocenters. The number of amides is 1. The third-order valence-electron chi connectivity index (χ3n) is 4.20. The van der Waals surface area contributed by atoms with Crippen LogP contribution >= 0.6 is 0 Å². The van der Waals surface area contributed by atoms with Crippen molar-refractivity contribution in [1.29, 1.82) is 0 Å². The molecular formula is C20H21N3O3. The summed E-state index contributed by atoms with van der Waals surface area (Å²) in [6, 6.07) is 13.2. The zero-order chi connectivity index (χ0) is 18.5. The minimum atomic E-state index is -0.192. The molecule has 0 aliphatic carbocycles. The van der Waals surface area contributed by atoms with Gasteiger partial charge in [-0.2, -0.15) is 5.10 Å². The van der Waals surface area contributed by atoms with Crippen molar-refractivity contribution in [3.05, 3.63) is 59.3 Å². The maximum absolute atomic E-state index is 12.3. The number of nitrogens with zero attached hydrogens (tertiary/aromatic N) is 1. The number of nitrogens with one attached hydrogen (secondary N) is 2. The standard InChI is InChI=1S/C20H21N3O3/c1-13-16(17-10-15(25-2)8-9-18(17)22-13)11-20(24)23-21-12-14-6-4-5-7-19(14)26-3/h4-10,12,22H,11H2,1-3H3,(H,23,24). The number of hydrogen-bond acceptors (Lipinski definition) is 4. The highest BCUT2D eigenvalue weighted by Crippen LogP contribution is 2.26. The van der Waals surface area contributed by atoms with Crippen molar-refractivity contribution in [2.75, 3.05) is 14.2 Å². The topological polar surface area (TPSA) is 75.7 Å². The van der Waals surface area contributed by atoms with E-state index in [0.29, 0.717) is 5.75 Å². The van der Waals surface area contributed by atoms with Crippen LogP contribution in [0.3, 0.4) is 0 Å². The van der Waals surface area contributed by atoms with Gasteiger partial charge >= 0.3 is 0 Å². The first-order chi connectivity index (χ1) is 12.6. The molecule has 0 saturated heterocycles. The number of ether oxygens (including phenoxy) is 2. The van der Waals surface area contributed by atoms with Gasteiger partial charge in [-0.1, -0.05) is 12.1 Å². The minimum Gasteiger partial charge on any atom is -0.497 e. The molecule has 0 spiro atoms. The van der Waals surface area contributed by atoms with E-state index in [4.69, 9.17) is 9.47 Å². The lowest BCUT2D eigenvalue weighted by Gasteiger charge is -2.04. The number of fused-ring (bicyclic) bond motifs is 1. The molecule has 0 saturated carbocycles. The fraction of sp³-hybridized carbons (Fsp3) is 0.200. The normalized spacial score (nSPS) is 11.0. The van der Waals surface area contributed by atoms with Crippen LogP contribution in [0.25, 0.3) is 10.9 Å². The van der Waals surface area contributed by atoms with Gasteiger partial charge in [0.1, 0.15) is 11.5 Å². The van der Waals surface area contributed by atoms with Crippen LogP contribution in [-0.4, -0.2) is 31.3 Å². The van der Waals surface area contributed by atoms with E-state index in [2.05, 4.69) is 15.5 Å². The number of H-pyrrole nitrogens is 1. The number of rotatable bonds is 6. The summed E-state index contributed by atoms with van der Waals surface area (Å²) >= 11 is 0. The predicted octanol–water partition coefficient (Wildman–Crippen LogP) is 3.19. The fourth-order valence-electron chi connectivity index (χ4n) is 2.86. The molecule has 0 radical (unpaired) electrons. The van der Waals surface area contributed by atoms with Crippen LogP contribution in [0.15, 0.2) is 47.6 Å². The van der Waals surface area contributed by atoms with Gasteiger partial charge in [-0.15, -0.1) is 0 Å². The van der Waals surface area contributed by atoms with Crippen LogP contribution < -0.4 is 14.9 Å². The van der Waals surface area contributed by atoms with E-state index in [9.17, 15) is 4.79 Å². The van der Waals surface area contributed by atoms with Crippen LogP contribution in [0.2, 0.25) is 0 Å². The molecule has 1 amide bonds. The maximum Gasteiger partial charge on any atom is 0.244 e. The summed E-state index contributed by atoms with van der Waals surface area (Å²) in [7, 11) is 3.22. The van der Waals surface area contributed by atoms with Crippen LogP contribution in [0, 0.1) is 6.92 Å². The average Bonchev–Trinajstić information content (AvgIpc) is 2.96. The lowest BCUT2D eigenvalue weighted by Crippen LogP contribution is -2.20. The number of hydrazone groups is 1. The summed E-state index contributed by atoms with van der Waals surface area (Å²) in [5.41, 5.74) is 6.23. The third kappa shape index (κ3) is 3.69. The van der Waals surface area contributed by atoms with Gasteiger partial charge in [0.2, 0.25) is 5.91 Å². The van der Waals surface area contributed by atoms with Crippen LogP contribution in [-0.2, 0) is 11.2 Å². The number of para-hydroxylation sites is 1. The van der Waals surface area contributed by atoms with E-state index < -0.39 is 0 Å². The van der Waals surface area contributed by atoms with Gasteiger partial charge in [0.25, 0.3) is 0 Å². The number of methoxy groups -OCH3 is 2. The first-order valence-corrected chi connectivity index (χ1v) is 8.22. The summed E-state index contributed by atoms with van der Waals surface area (Å²) in [4.78, 5) is 15.6. The lowest BCUT2D eigenvalue weighted by atomic mass is 10.1. The van der Waals surface area contributed by atoms with Gasteiger partial charge < -0.3 is 14.5 Å². The zero-order valence-corrected chi connectivity index (χ0v) is 15.0. The zero-order valence-electron chi connectivity index (χ0n) is 15.0. The lowest BCUT2D eigenvalue weighted by molar-refractivity contribution is -0.120. The van der Waals surface area contributed by atoms with E-state index in [1.807, 2.05) is 49.4 Å². The number of aromatic nitrogens is 1. The van der Waals surface area contributed by atoms with E-state index >= 15 is 0 Å². The first kappa shape index (κ1) is 17.5. The largest absolute Gasteiger partial charge is 0.497 e. The second-order valence-electron chi connectivity index (χ2n) is 5.85. The molecule has 6 nitrogen and oxygen atoms in total. The highest BCUT2D eigenvalue weighted by atomic mass is 16.5. The predicted molar refractivity (Wildman–Crippen MR) is 102 cm³/mol. The Hall–Kier alpha value is -3.28. The quantitative estimate of drug-likeness (QED) is 0.529. The molecule has 0 fully saturated rings. The number of carbonyl (C=O) groups is 1. The maximum atomic E-state index is 12.3. The summed E-state index contributed by atoms with van der Waals surface area (Å²) in [5, 5.41) is 5.01. The Morgan fingerprint density at radius 3 is 2.77 bits per heavy atom. The number of aromatic amines is 1. The summed E-state index contributed by atoms with van der Waals surface area (Å²) < 4.78 is 10.5. The van der Waals surface area contributed by atoms with E-state index in [0.717, 1.165) is 33.5 Å². The van der Waals surface area contributed by atoms with Crippen molar-refractivity contribution in [1.82, 2.24) is 10.4 Å². The minimum absolute atomic E-state index is 0.192. The number of carbonyl (C=O) groups excluding carboxylic acids is 1. The molecule has 3 aromatic rings. The Morgan fingerprint density at radius 2 is 2.00 bits per heavy atom. The van der Waals surface area contributed by atoms with Gasteiger partial charge in [0.05, 0.1) is 26.9 Å². The van der Waals surface area contributed by atoms with Crippen LogP contribution in [0.1, 0.15) is 16.8 Å². The van der Waals surface area contributed by atoms with Gasteiger partial charge in [-0.3, -0.25) is 4.79 Å². The molecule has 0 aliphatic rings. The van der Waals surface area contributed by atoms with Crippen molar-refractivity contribution in [2.24, 2.45) is 5.10 Å². The summed E-state index contributed by atoms with van der Waals surface area (Å²) in [6.45, 7) is 1.95. The molecule has 0 unspecified atom stereocenters. The smallest absolute Gasteiger partial charge is 0.244 e. The Balaban J connectivity index is 1.73. The van der Waals surface area contributed by atoms with Crippen molar-refractivity contribution in [3.63, 3.8) is 0 Å². The van der Waals surface area contributed by atoms with Crippen molar-refractivity contribution in [3.8, 4) is 11.5 Å². The van der Waals surface area contributed by atoms with Crippen LogP contribution in [0.4, 0.5) is 0 Å².